The van der Waals surface area contributed by atoms with E-state index in [1.165, 1.54) is 5.56 Å². The zero-order valence-electron chi connectivity index (χ0n) is 13.3. The SMILES string of the molecule is OCCOCCOCCOc1ccc(C2C=CC=CC=C2)cc1. The van der Waals surface area contributed by atoms with E-state index in [9.17, 15) is 0 Å². The van der Waals surface area contributed by atoms with Crippen LogP contribution in [0.25, 0.3) is 0 Å². The van der Waals surface area contributed by atoms with Crippen molar-refractivity contribution in [3.8, 4) is 5.75 Å². The normalized spacial score (nSPS) is 14.1. The van der Waals surface area contributed by atoms with Gasteiger partial charge in [-0.1, -0.05) is 48.6 Å². The van der Waals surface area contributed by atoms with Crippen LogP contribution in [0, 0.1) is 0 Å². The van der Waals surface area contributed by atoms with Crippen LogP contribution < -0.4 is 4.74 Å². The lowest BCUT2D eigenvalue weighted by Gasteiger charge is -2.10. The quantitative estimate of drug-likeness (QED) is 0.674. The standard InChI is InChI=1S/C19H24O4/c20-11-12-21-13-14-22-15-16-23-19-9-7-18(8-10-19)17-5-3-1-2-4-6-17/h1-10,17,20H,11-16H2. The summed E-state index contributed by atoms with van der Waals surface area (Å²) in [6.07, 6.45) is 12.5. The summed E-state index contributed by atoms with van der Waals surface area (Å²) in [6.45, 7) is 2.43. The number of aliphatic hydroxyl groups is 1. The summed E-state index contributed by atoms with van der Waals surface area (Å²) >= 11 is 0. The first-order valence-corrected chi connectivity index (χ1v) is 7.91. The van der Waals surface area contributed by atoms with Crippen molar-refractivity contribution in [2.24, 2.45) is 0 Å². The number of benzene rings is 1. The van der Waals surface area contributed by atoms with Gasteiger partial charge in [0, 0.05) is 5.92 Å². The highest BCUT2D eigenvalue weighted by Gasteiger charge is 2.05. The topological polar surface area (TPSA) is 47.9 Å². The third-order valence-electron chi connectivity index (χ3n) is 3.34. The van der Waals surface area contributed by atoms with Gasteiger partial charge < -0.3 is 19.3 Å². The first-order chi connectivity index (χ1) is 11.4. The molecule has 1 aliphatic rings. The fraction of sp³-hybridized carbons (Fsp3) is 0.368. The Morgan fingerprint density at radius 2 is 1.35 bits per heavy atom. The van der Waals surface area contributed by atoms with Crippen molar-refractivity contribution in [2.75, 3.05) is 39.6 Å². The molecule has 4 heteroatoms. The van der Waals surface area contributed by atoms with Crippen LogP contribution in [0.1, 0.15) is 11.5 Å². The van der Waals surface area contributed by atoms with Crippen LogP contribution in [0.5, 0.6) is 5.75 Å². The lowest BCUT2D eigenvalue weighted by molar-refractivity contribution is 0.0247. The molecular formula is C19H24O4. The molecule has 23 heavy (non-hydrogen) atoms. The number of aliphatic hydroxyl groups excluding tert-OH is 1. The Kier molecular flexibility index (Phi) is 8.19. The van der Waals surface area contributed by atoms with Gasteiger partial charge in [-0.15, -0.1) is 0 Å². The van der Waals surface area contributed by atoms with Crippen molar-refractivity contribution in [1.29, 1.82) is 0 Å². The zero-order chi connectivity index (χ0) is 16.2. The summed E-state index contributed by atoms with van der Waals surface area (Å²) in [4.78, 5) is 0. The maximum absolute atomic E-state index is 8.55. The van der Waals surface area contributed by atoms with E-state index >= 15 is 0 Å². The van der Waals surface area contributed by atoms with Gasteiger partial charge in [0.2, 0.25) is 0 Å². The van der Waals surface area contributed by atoms with Crippen LogP contribution in [0.3, 0.4) is 0 Å². The predicted molar refractivity (Wildman–Crippen MR) is 90.8 cm³/mol. The Hall–Kier alpha value is -1.88. The fourth-order valence-corrected chi connectivity index (χ4v) is 2.17. The Morgan fingerprint density at radius 1 is 0.739 bits per heavy atom. The van der Waals surface area contributed by atoms with E-state index in [1.807, 2.05) is 24.3 Å². The van der Waals surface area contributed by atoms with Gasteiger partial charge in [0.25, 0.3) is 0 Å². The minimum absolute atomic E-state index is 0.0437. The Morgan fingerprint density at radius 3 is 2.00 bits per heavy atom. The third kappa shape index (κ3) is 6.82. The monoisotopic (exact) mass is 316 g/mol. The maximum Gasteiger partial charge on any atom is 0.119 e. The van der Waals surface area contributed by atoms with Gasteiger partial charge in [0.05, 0.1) is 33.0 Å². The second-order valence-electron chi connectivity index (χ2n) is 5.05. The van der Waals surface area contributed by atoms with Crippen molar-refractivity contribution in [1.82, 2.24) is 0 Å². The summed E-state index contributed by atoms with van der Waals surface area (Å²) in [5, 5.41) is 8.55. The van der Waals surface area contributed by atoms with Crippen LogP contribution in [0.2, 0.25) is 0 Å². The molecule has 124 valence electrons. The Bertz CT molecular complexity index is 501. The summed E-state index contributed by atoms with van der Waals surface area (Å²) in [5.74, 6) is 1.15. The van der Waals surface area contributed by atoms with Crippen LogP contribution in [-0.4, -0.2) is 44.7 Å². The maximum atomic E-state index is 8.55. The van der Waals surface area contributed by atoms with Gasteiger partial charge in [-0.3, -0.25) is 0 Å². The van der Waals surface area contributed by atoms with E-state index in [0.29, 0.717) is 39.0 Å². The number of allylic oxidation sites excluding steroid dienone is 6. The van der Waals surface area contributed by atoms with Crippen molar-refractivity contribution in [3.05, 3.63) is 66.3 Å². The summed E-state index contributed by atoms with van der Waals surface area (Å²) in [7, 11) is 0. The predicted octanol–water partition coefficient (Wildman–Crippen LogP) is 2.86. The highest BCUT2D eigenvalue weighted by Crippen LogP contribution is 2.23. The highest BCUT2D eigenvalue weighted by atomic mass is 16.5. The molecule has 0 spiro atoms. The number of ether oxygens (including phenoxy) is 3. The molecule has 1 N–H and O–H groups in total. The van der Waals surface area contributed by atoms with Crippen molar-refractivity contribution >= 4 is 0 Å². The van der Waals surface area contributed by atoms with Gasteiger partial charge in [0.15, 0.2) is 0 Å². The third-order valence-corrected chi connectivity index (χ3v) is 3.34. The van der Waals surface area contributed by atoms with E-state index in [0.717, 1.165) is 5.75 Å². The molecule has 0 unspecified atom stereocenters. The van der Waals surface area contributed by atoms with Gasteiger partial charge in [-0.2, -0.15) is 0 Å². The molecule has 0 atom stereocenters. The molecule has 0 bridgehead atoms. The molecule has 0 fully saturated rings. The molecule has 0 saturated carbocycles. The van der Waals surface area contributed by atoms with E-state index in [4.69, 9.17) is 19.3 Å². The molecule has 1 aromatic rings. The molecule has 1 aliphatic carbocycles. The lowest BCUT2D eigenvalue weighted by Crippen LogP contribution is -2.11. The smallest absolute Gasteiger partial charge is 0.119 e. The molecule has 0 aromatic heterocycles. The zero-order valence-corrected chi connectivity index (χ0v) is 13.3. The lowest BCUT2D eigenvalue weighted by atomic mass is 9.98. The molecule has 0 amide bonds. The van der Waals surface area contributed by atoms with Crippen LogP contribution in [-0.2, 0) is 9.47 Å². The van der Waals surface area contributed by atoms with Gasteiger partial charge >= 0.3 is 0 Å². The van der Waals surface area contributed by atoms with Gasteiger partial charge in [0.1, 0.15) is 12.4 Å². The average Bonchev–Trinajstić information content (AvgIpc) is 2.87. The molecule has 2 rings (SSSR count). The molecule has 4 nitrogen and oxygen atoms in total. The van der Waals surface area contributed by atoms with Crippen molar-refractivity contribution < 1.29 is 19.3 Å². The molecular weight excluding hydrogens is 292 g/mol. The summed E-state index contributed by atoms with van der Waals surface area (Å²) in [5.41, 5.74) is 1.24. The summed E-state index contributed by atoms with van der Waals surface area (Å²) in [6, 6.07) is 8.15. The van der Waals surface area contributed by atoms with Crippen molar-refractivity contribution in [2.45, 2.75) is 5.92 Å². The van der Waals surface area contributed by atoms with Gasteiger partial charge in [-0.05, 0) is 17.7 Å². The molecule has 0 aliphatic heterocycles. The minimum Gasteiger partial charge on any atom is -0.491 e. The Labute approximate surface area is 137 Å². The van der Waals surface area contributed by atoms with Crippen molar-refractivity contribution in [3.63, 3.8) is 0 Å². The minimum atomic E-state index is 0.0437. The van der Waals surface area contributed by atoms with Crippen LogP contribution in [0.15, 0.2) is 60.7 Å². The Balaban J connectivity index is 1.65. The van der Waals surface area contributed by atoms with Crippen LogP contribution >= 0.6 is 0 Å². The first kappa shape index (κ1) is 17.5. The fourth-order valence-electron chi connectivity index (χ4n) is 2.17. The van der Waals surface area contributed by atoms with Gasteiger partial charge in [-0.25, -0.2) is 0 Å². The highest BCUT2D eigenvalue weighted by molar-refractivity contribution is 5.36. The molecule has 0 radical (unpaired) electrons. The number of hydrogen-bond acceptors (Lipinski definition) is 4. The van der Waals surface area contributed by atoms with E-state index < -0.39 is 0 Å². The van der Waals surface area contributed by atoms with E-state index in [1.54, 1.807) is 0 Å². The number of hydrogen-bond donors (Lipinski definition) is 1. The largest absolute Gasteiger partial charge is 0.491 e. The van der Waals surface area contributed by atoms with Crippen LogP contribution in [0.4, 0.5) is 0 Å². The number of rotatable bonds is 10. The second kappa shape index (κ2) is 10.8. The molecule has 1 aromatic carbocycles. The van der Waals surface area contributed by atoms with E-state index in [-0.39, 0.29) is 6.61 Å². The van der Waals surface area contributed by atoms with E-state index in [2.05, 4.69) is 36.4 Å². The first-order valence-electron chi connectivity index (χ1n) is 7.91. The second-order valence-corrected chi connectivity index (χ2v) is 5.05. The summed E-state index contributed by atoms with van der Waals surface area (Å²) < 4.78 is 16.1. The molecule has 0 heterocycles. The average molecular weight is 316 g/mol. The molecule has 0 saturated heterocycles.